The molecule has 0 aliphatic rings. The molecule has 1 unspecified atom stereocenters. The van der Waals surface area contributed by atoms with E-state index in [-0.39, 0.29) is 0 Å². The first kappa shape index (κ1) is 14.3. The SMILES string of the molecule is COC(=O)c1ccc(CC(C(=O)O)c2cccs2)cc1. The first-order valence-electron chi connectivity index (χ1n) is 6.05. The zero-order chi connectivity index (χ0) is 14.5. The molecule has 0 saturated heterocycles. The van der Waals surface area contributed by atoms with Gasteiger partial charge in [-0.15, -0.1) is 11.3 Å². The van der Waals surface area contributed by atoms with Gasteiger partial charge in [-0.05, 0) is 35.6 Å². The lowest BCUT2D eigenvalue weighted by Crippen LogP contribution is -2.13. The lowest BCUT2D eigenvalue weighted by Gasteiger charge is -2.10. The number of carboxylic acid groups (broad SMARTS) is 1. The smallest absolute Gasteiger partial charge is 0.337 e. The maximum Gasteiger partial charge on any atom is 0.337 e. The van der Waals surface area contributed by atoms with Gasteiger partial charge in [-0.25, -0.2) is 4.79 Å². The highest BCUT2D eigenvalue weighted by Gasteiger charge is 2.21. The third kappa shape index (κ3) is 3.24. The Balaban J connectivity index is 2.15. The summed E-state index contributed by atoms with van der Waals surface area (Å²) in [6, 6.07) is 10.5. The Morgan fingerprint density at radius 3 is 2.45 bits per heavy atom. The van der Waals surface area contributed by atoms with Crippen LogP contribution < -0.4 is 0 Å². The Kier molecular flexibility index (Phi) is 4.53. The summed E-state index contributed by atoms with van der Waals surface area (Å²) in [7, 11) is 1.33. The zero-order valence-corrected chi connectivity index (χ0v) is 11.7. The second kappa shape index (κ2) is 6.34. The van der Waals surface area contributed by atoms with E-state index in [1.54, 1.807) is 24.3 Å². The molecule has 0 saturated carbocycles. The minimum absolute atomic E-state index is 0.399. The molecule has 1 aromatic heterocycles. The lowest BCUT2D eigenvalue weighted by molar-refractivity contribution is -0.138. The van der Waals surface area contributed by atoms with Crippen molar-refractivity contribution in [3.05, 3.63) is 57.8 Å². The number of carbonyl (C=O) groups is 2. The van der Waals surface area contributed by atoms with Gasteiger partial charge in [0.2, 0.25) is 0 Å². The van der Waals surface area contributed by atoms with Gasteiger partial charge < -0.3 is 9.84 Å². The van der Waals surface area contributed by atoms with Gasteiger partial charge in [-0.3, -0.25) is 4.79 Å². The topological polar surface area (TPSA) is 63.6 Å². The maximum absolute atomic E-state index is 11.4. The van der Waals surface area contributed by atoms with Crippen LogP contribution in [0.5, 0.6) is 0 Å². The van der Waals surface area contributed by atoms with Gasteiger partial charge in [0.1, 0.15) is 0 Å². The molecule has 0 aliphatic heterocycles. The molecule has 0 spiro atoms. The highest BCUT2D eigenvalue weighted by molar-refractivity contribution is 7.10. The number of methoxy groups -OCH3 is 1. The zero-order valence-electron chi connectivity index (χ0n) is 10.9. The minimum atomic E-state index is -0.843. The molecule has 5 heteroatoms. The van der Waals surface area contributed by atoms with Crippen LogP contribution in [0.4, 0.5) is 0 Å². The average Bonchev–Trinajstić information content (AvgIpc) is 2.98. The van der Waals surface area contributed by atoms with Crippen LogP contribution in [0.15, 0.2) is 41.8 Å². The van der Waals surface area contributed by atoms with Crippen LogP contribution >= 0.6 is 11.3 Å². The predicted molar refractivity (Wildman–Crippen MR) is 76.2 cm³/mol. The fourth-order valence-corrected chi connectivity index (χ4v) is 2.75. The summed E-state index contributed by atoms with van der Waals surface area (Å²) < 4.78 is 4.62. The summed E-state index contributed by atoms with van der Waals surface area (Å²) in [4.78, 5) is 23.5. The molecule has 2 aromatic rings. The summed E-state index contributed by atoms with van der Waals surface area (Å²) in [5.41, 5.74) is 1.33. The first-order valence-corrected chi connectivity index (χ1v) is 6.93. The van der Waals surface area contributed by atoms with E-state index in [0.29, 0.717) is 12.0 Å². The summed E-state index contributed by atoms with van der Waals surface area (Å²) in [6.07, 6.45) is 0.400. The summed E-state index contributed by atoms with van der Waals surface area (Å²) in [5, 5.41) is 11.2. The number of ether oxygens (including phenoxy) is 1. The number of carboxylic acids is 1. The van der Waals surface area contributed by atoms with Gasteiger partial charge in [0, 0.05) is 4.88 Å². The van der Waals surface area contributed by atoms with E-state index >= 15 is 0 Å². The van der Waals surface area contributed by atoms with Gasteiger partial charge in [0.15, 0.2) is 0 Å². The normalized spacial score (nSPS) is 11.8. The van der Waals surface area contributed by atoms with Crippen molar-refractivity contribution in [1.29, 1.82) is 0 Å². The summed E-state index contributed by atoms with van der Waals surface area (Å²) >= 11 is 1.44. The number of rotatable bonds is 5. The number of esters is 1. The molecular formula is C15H14O4S. The number of benzene rings is 1. The van der Waals surface area contributed by atoms with E-state index in [1.165, 1.54) is 18.4 Å². The highest BCUT2D eigenvalue weighted by atomic mass is 32.1. The predicted octanol–water partition coefficient (Wildman–Crippen LogP) is 2.95. The monoisotopic (exact) mass is 290 g/mol. The minimum Gasteiger partial charge on any atom is -0.481 e. The summed E-state index contributed by atoms with van der Waals surface area (Å²) in [5.74, 6) is -1.80. The molecule has 0 bridgehead atoms. The van der Waals surface area contributed by atoms with E-state index in [4.69, 9.17) is 0 Å². The van der Waals surface area contributed by atoms with E-state index < -0.39 is 17.9 Å². The third-order valence-electron chi connectivity index (χ3n) is 3.00. The Hall–Kier alpha value is -2.14. The Labute approximate surface area is 120 Å². The van der Waals surface area contributed by atoms with Crippen LogP contribution in [0.2, 0.25) is 0 Å². The molecule has 1 atom stereocenters. The molecule has 0 radical (unpaired) electrons. The summed E-state index contributed by atoms with van der Waals surface area (Å²) in [6.45, 7) is 0. The van der Waals surface area contributed by atoms with Crippen molar-refractivity contribution in [2.24, 2.45) is 0 Å². The fraction of sp³-hybridized carbons (Fsp3) is 0.200. The maximum atomic E-state index is 11.4. The molecule has 1 aromatic carbocycles. The largest absolute Gasteiger partial charge is 0.481 e. The van der Waals surface area contributed by atoms with Crippen LogP contribution in [0.3, 0.4) is 0 Å². The van der Waals surface area contributed by atoms with Crippen molar-refractivity contribution in [3.63, 3.8) is 0 Å². The number of hydrogen-bond donors (Lipinski definition) is 1. The Morgan fingerprint density at radius 2 is 1.95 bits per heavy atom. The van der Waals surface area contributed by atoms with Crippen LogP contribution in [0.1, 0.15) is 26.7 Å². The Bertz CT molecular complexity index is 587. The van der Waals surface area contributed by atoms with Crippen molar-refractivity contribution >= 4 is 23.3 Å². The number of aliphatic carboxylic acids is 1. The number of carbonyl (C=O) groups excluding carboxylic acids is 1. The van der Waals surface area contributed by atoms with E-state index in [0.717, 1.165) is 10.4 Å². The van der Waals surface area contributed by atoms with Gasteiger partial charge in [0.25, 0.3) is 0 Å². The van der Waals surface area contributed by atoms with Crippen molar-refractivity contribution < 1.29 is 19.4 Å². The van der Waals surface area contributed by atoms with Crippen LogP contribution in [-0.2, 0) is 16.0 Å². The van der Waals surface area contributed by atoms with Gasteiger partial charge >= 0.3 is 11.9 Å². The highest BCUT2D eigenvalue weighted by Crippen LogP contribution is 2.25. The van der Waals surface area contributed by atoms with Crippen LogP contribution in [-0.4, -0.2) is 24.2 Å². The first-order chi connectivity index (χ1) is 9.61. The van der Waals surface area contributed by atoms with Crippen molar-refractivity contribution in [1.82, 2.24) is 0 Å². The average molecular weight is 290 g/mol. The molecule has 0 fully saturated rings. The van der Waals surface area contributed by atoms with Crippen LogP contribution in [0, 0.1) is 0 Å². The molecule has 2 rings (SSSR count). The molecule has 0 aliphatic carbocycles. The molecule has 1 N–H and O–H groups in total. The van der Waals surface area contributed by atoms with Crippen molar-refractivity contribution in [2.75, 3.05) is 7.11 Å². The molecule has 20 heavy (non-hydrogen) atoms. The standard InChI is InChI=1S/C15H14O4S/c1-19-15(18)11-6-4-10(5-7-11)9-12(14(16)17)13-3-2-8-20-13/h2-8,12H,9H2,1H3,(H,16,17). The second-order valence-electron chi connectivity index (χ2n) is 4.30. The van der Waals surface area contributed by atoms with E-state index in [9.17, 15) is 14.7 Å². The van der Waals surface area contributed by atoms with Crippen molar-refractivity contribution in [3.8, 4) is 0 Å². The Morgan fingerprint density at radius 1 is 1.25 bits per heavy atom. The molecule has 0 amide bonds. The lowest BCUT2D eigenvalue weighted by atomic mass is 9.97. The van der Waals surface area contributed by atoms with Gasteiger partial charge in [0.05, 0.1) is 18.6 Å². The third-order valence-corrected chi connectivity index (χ3v) is 3.99. The number of hydrogen-bond acceptors (Lipinski definition) is 4. The fourth-order valence-electron chi connectivity index (χ4n) is 1.93. The van der Waals surface area contributed by atoms with E-state index in [2.05, 4.69) is 4.74 Å². The molecule has 4 nitrogen and oxygen atoms in total. The van der Waals surface area contributed by atoms with Gasteiger partial charge in [-0.2, -0.15) is 0 Å². The molecule has 1 heterocycles. The van der Waals surface area contributed by atoms with Crippen molar-refractivity contribution in [2.45, 2.75) is 12.3 Å². The molecule has 104 valence electrons. The van der Waals surface area contributed by atoms with Crippen LogP contribution in [0.25, 0.3) is 0 Å². The quantitative estimate of drug-likeness (QED) is 0.860. The number of thiophene rings is 1. The van der Waals surface area contributed by atoms with Gasteiger partial charge in [-0.1, -0.05) is 18.2 Å². The second-order valence-corrected chi connectivity index (χ2v) is 5.28. The van der Waals surface area contributed by atoms with E-state index in [1.807, 2.05) is 17.5 Å². The molecular weight excluding hydrogens is 276 g/mol.